The lowest BCUT2D eigenvalue weighted by molar-refractivity contribution is -0.142. The van der Waals surface area contributed by atoms with Crippen molar-refractivity contribution in [3.8, 4) is 5.75 Å². The first kappa shape index (κ1) is 15.1. The van der Waals surface area contributed by atoms with Crippen LogP contribution in [0.15, 0.2) is 24.3 Å². The zero-order valence-electron chi connectivity index (χ0n) is 12.9. The number of para-hydroxylation sites is 1. The normalized spacial score (nSPS) is 16.4. The van der Waals surface area contributed by atoms with E-state index in [0.29, 0.717) is 18.0 Å². The summed E-state index contributed by atoms with van der Waals surface area (Å²) in [6.45, 7) is 1.73. The lowest BCUT2D eigenvalue weighted by atomic mass is 9.85. The molecule has 1 aromatic carbocycles. The van der Waals surface area contributed by atoms with Crippen molar-refractivity contribution in [3.63, 3.8) is 0 Å². The van der Waals surface area contributed by atoms with Crippen molar-refractivity contribution in [1.29, 1.82) is 0 Å². The molecule has 2 N–H and O–H groups in total. The number of nitrogens with one attached hydrogen (secondary N) is 2. The minimum absolute atomic E-state index is 0.100. The van der Waals surface area contributed by atoms with Crippen LogP contribution in [0.25, 0.3) is 0 Å². The highest BCUT2D eigenvalue weighted by Gasteiger charge is 2.32. The average Bonchev–Trinajstić information content (AvgIpc) is 2.93. The Labute approximate surface area is 133 Å². The average molecular weight is 315 g/mol. The van der Waals surface area contributed by atoms with E-state index in [2.05, 4.69) is 20.3 Å². The third kappa shape index (κ3) is 2.90. The molecule has 0 bridgehead atoms. The molecule has 2 aromatic rings. The Morgan fingerprint density at radius 3 is 2.96 bits per heavy atom. The van der Waals surface area contributed by atoms with Crippen LogP contribution in [0.2, 0.25) is 0 Å². The van der Waals surface area contributed by atoms with Gasteiger partial charge in [-0.15, -0.1) is 0 Å². The number of benzene rings is 1. The van der Waals surface area contributed by atoms with Crippen LogP contribution in [0, 0.1) is 6.92 Å². The predicted octanol–water partition coefficient (Wildman–Crippen LogP) is 1.74. The number of carbonyl (C=O) groups excluding carboxylic acids is 2. The summed E-state index contributed by atoms with van der Waals surface area (Å²) in [7, 11) is 1.31. The van der Waals surface area contributed by atoms with Crippen LogP contribution in [-0.4, -0.2) is 35.8 Å². The van der Waals surface area contributed by atoms with E-state index in [0.717, 1.165) is 16.8 Å². The molecule has 1 aromatic heterocycles. The fraction of sp³-hybridized carbons (Fsp3) is 0.312. The number of anilines is 1. The Kier molecular flexibility index (Phi) is 4.01. The number of rotatable bonds is 4. The monoisotopic (exact) mass is 315 g/mol. The number of nitrogens with zero attached hydrogens (tertiary/aromatic N) is 1. The number of carbonyl (C=O) groups is 2. The van der Waals surface area contributed by atoms with E-state index in [9.17, 15) is 9.59 Å². The number of hydrogen-bond acceptors (Lipinski definition) is 5. The van der Waals surface area contributed by atoms with E-state index < -0.39 is 5.97 Å². The lowest BCUT2D eigenvalue weighted by Gasteiger charge is -2.24. The van der Waals surface area contributed by atoms with Crippen LogP contribution in [-0.2, 0) is 14.3 Å². The molecular weight excluding hydrogens is 298 g/mol. The lowest BCUT2D eigenvalue weighted by Crippen LogP contribution is -2.24. The number of ether oxygens (including phenoxy) is 2. The van der Waals surface area contributed by atoms with Gasteiger partial charge in [0.2, 0.25) is 5.91 Å². The van der Waals surface area contributed by atoms with E-state index in [1.807, 2.05) is 25.1 Å². The maximum atomic E-state index is 12.0. The van der Waals surface area contributed by atoms with Crippen molar-refractivity contribution in [3.05, 3.63) is 41.1 Å². The molecule has 120 valence electrons. The quantitative estimate of drug-likeness (QED) is 0.838. The van der Waals surface area contributed by atoms with Crippen LogP contribution in [0.4, 0.5) is 5.82 Å². The highest BCUT2D eigenvalue weighted by atomic mass is 16.6. The molecule has 1 atom stereocenters. The SMILES string of the molecule is COC(=O)COc1ccccc1C1CC(=O)Nc2n[nH]c(C)c21. The largest absolute Gasteiger partial charge is 0.482 e. The van der Waals surface area contributed by atoms with Gasteiger partial charge in [0, 0.05) is 29.2 Å². The van der Waals surface area contributed by atoms with Crippen LogP contribution in [0.5, 0.6) is 5.75 Å². The van der Waals surface area contributed by atoms with Crippen LogP contribution < -0.4 is 10.1 Å². The molecule has 1 unspecified atom stereocenters. The number of amides is 1. The fourth-order valence-corrected chi connectivity index (χ4v) is 2.79. The first-order valence-electron chi connectivity index (χ1n) is 7.23. The summed E-state index contributed by atoms with van der Waals surface area (Å²) in [5.74, 6) is 0.375. The minimum Gasteiger partial charge on any atom is -0.482 e. The molecule has 7 nitrogen and oxygen atoms in total. The van der Waals surface area contributed by atoms with Gasteiger partial charge in [-0.3, -0.25) is 9.89 Å². The topological polar surface area (TPSA) is 93.3 Å². The number of aromatic amines is 1. The molecule has 3 rings (SSSR count). The smallest absolute Gasteiger partial charge is 0.343 e. The number of hydrogen-bond donors (Lipinski definition) is 2. The Bertz CT molecular complexity index is 754. The molecule has 23 heavy (non-hydrogen) atoms. The van der Waals surface area contributed by atoms with Crippen molar-refractivity contribution < 1.29 is 19.1 Å². The number of esters is 1. The fourth-order valence-electron chi connectivity index (χ4n) is 2.79. The van der Waals surface area contributed by atoms with Crippen molar-refractivity contribution in [1.82, 2.24) is 10.2 Å². The van der Waals surface area contributed by atoms with Crippen LogP contribution >= 0.6 is 0 Å². The van der Waals surface area contributed by atoms with Gasteiger partial charge in [0.1, 0.15) is 5.75 Å². The molecule has 0 radical (unpaired) electrons. The van der Waals surface area contributed by atoms with Gasteiger partial charge in [-0.25, -0.2) is 4.79 Å². The molecule has 1 aliphatic heterocycles. The third-order valence-electron chi connectivity index (χ3n) is 3.86. The highest BCUT2D eigenvalue weighted by Crippen LogP contribution is 2.41. The minimum atomic E-state index is -0.457. The standard InChI is InChI=1S/C16H17N3O4/c1-9-15-11(7-13(20)17-16(15)19-18-9)10-5-3-4-6-12(10)23-8-14(21)22-2/h3-6,11H,7-8H2,1-2H3,(H2,17,18,19,20). The number of methoxy groups -OCH3 is 1. The number of fused-ring (bicyclic) bond motifs is 1. The summed E-state index contributed by atoms with van der Waals surface area (Å²) in [6, 6.07) is 7.37. The highest BCUT2D eigenvalue weighted by molar-refractivity contribution is 5.94. The van der Waals surface area contributed by atoms with Gasteiger partial charge in [0.05, 0.1) is 7.11 Å². The van der Waals surface area contributed by atoms with Gasteiger partial charge < -0.3 is 14.8 Å². The maximum Gasteiger partial charge on any atom is 0.343 e. The molecule has 7 heteroatoms. The molecule has 0 aliphatic carbocycles. The van der Waals surface area contributed by atoms with Gasteiger partial charge in [0.15, 0.2) is 12.4 Å². The Hall–Kier alpha value is -2.83. The second-order valence-electron chi connectivity index (χ2n) is 5.32. The van der Waals surface area contributed by atoms with Crippen molar-refractivity contribution in [2.24, 2.45) is 0 Å². The molecule has 0 spiro atoms. The number of aromatic nitrogens is 2. The summed E-state index contributed by atoms with van der Waals surface area (Å²) < 4.78 is 10.2. The maximum absolute atomic E-state index is 12.0. The van der Waals surface area contributed by atoms with E-state index in [4.69, 9.17) is 4.74 Å². The second kappa shape index (κ2) is 6.12. The summed E-state index contributed by atoms with van der Waals surface area (Å²) in [5.41, 5.74) is 2.68. The van der Waals surface area contributed by atoms with Crippen LogP contribution in [0.3, 0.4) is 0 Å². The molecule has 1 aliphatic rings. The molecule has 0 saturated carbocycles. The Morgan fingerprint density at radius 1 is 1.39 bits per heavy atom. The van der Waals surface area contributed by atoms with E-state index in [-0.39, 0.29) is 18.4 Å². The summed E-state index contributed by atoms with van der Waals surface area (Å²) >= 11 is 0. The van der Waals surface area contributed by atoms with Gasteiger partial charge in [-0.2, -0.15) is 5.10 Å². The summed E-state index contributed by atoms with van der Waals surface area (Å²) in [5, 5.41) is 9.79. The van der Waals surface area contributed by atoms with Crippen molar-refractivity contribution in [2.75, 3.05) is 19.0 Å². The number of aryl methyl sites for hydroxylation is 1. The molecule has 1 amide bonds. The van der Waals surface area contributed by atoms with E-state index >= 15 is 0 Å². The Morgan fingerprint density at radius 2 is 2.17 bits per heavy atom. The van der Waals surface area contributed by atoms with Crippen molar-refractivity contribution in [2.45, 2.75) is 19.3 Å². The molecule has 0 saturated heterocycles. The molecule has 0 fully saturated rings. The van der Waals surface area contributed by atoms with Gasteiger partial charge in [-0.1, -0.05) is 18.2 Å². The summed E-state index contributed by atoms with van der Waals surface area (Å²) in [4.78, 5) is 23.3. The summed E-state index contributed by atoms with van der Waals surface area (Å²) in [6.07, 6.45) is 0.298. The predicted molar refractivity (Wildman–Crippen MR) is 82.4 cm³/mol. The first-order chi connectivity index (χ1) is 11.1. The second-order valence-corrected chi connectivity index (χ2v) is 5.32. The Balaban J connectivity index is 1.97. The number of H-pyrrole nitrogens is 1. The third-order valence-corrected chi connectivity index (χ3v) is 3.86. The van der Waals surface area contributed by atoms with Crippen LogP contribution in [0.1, 0.15) is 29.2 Å². The van der Waals surface area contributed by atoms with Gasteiger partial charge >= 0.3 is 5.97 Å². The van der Waals surface area contributed by atoms with Crippen molar-refractivity contribution >= 4 is 17.7 Å². The van der Waals surface area contributed by atoms with E-state index in [1.165, 1.54) is 7.11 Å². The van der Waals surface area contributed by atoms with Gasteiger partial charge in [0.25, 0.3) is 0 Å². The molecular formula is C16H17N3O4. The van der Waals surface area contributed by atoms with E-state index in [1.54, 1.807) is 6.07 Å². The van der Waals surface area contributed by atoms with Gasteiger partial charge in [-0.05, 0) is 13.0 Å². The zero-order chi connectivity index (χ0) is 16.4. The first-order valence-corrected chi connectivity index (χ1v) is 7.23. The zero-order valence-corrected chi connectivity index (χ0v) is 12.9. The molecule has 2 heterocycles.